The molecule has 0 fully saturated rings. The number of nitrogens with one attached hydrogen (secondary N) is 1. The van der Waals surface area contributed by atoms with Crippen molar-refractivity contribution >= 4 is 15.9 Å². The fourth-order valence-electron chi connectivity index (χ4n) is 2.21. The number of rotatable bonds is 8. The molecule has 2 aromatic rings. The summed E-state index contributed by atoms with van der Waals surface area (Å²) in [4.78, 5) is 0. The molecule has 4 nitrogen and oxygen atoms in total. The Kier molecular flexibility index (Phi) is 6.26. The highest BCUT2D eigenvalue weighted by Gasteiger charge is 2.09. The quantitative estimate of drug-likeness (QED) is 0.739. The van der Waals surface area contributed by atoms with Gasteiger partial charge in [0, 0.05) is 29.0 Å². The zero-order chi connectivity index (χ0) is 15.1. The zero-order valence-electron chi connectivity index (χ0n) is 12.6. The molecule has 1 aromatic heterocycles. The SMILES string of the molecule is CCCNCc1cc(Br)cc(C)c1OCCn1cccn1. The van der Waals surface area contributed by atoms with Crippen LogP contribution in [0.5, 0.6) is 5.75 Å². The molecule has 1 N–H and O–H groups in total. The number of ether oxygens (including phenoxy) is 1. The molecule has 0 unspecified atom stereocenters. The van der Waals surface area contributed by atoms with Crippen LogP contribution in [-0.4, -0.2) is 22.9 Å². The highest BCUT2D eigenvalue weighted by Crippen LogP contribution is 2.28. The predicted octanol–water partition coefficient (Wildman–Crippen LogP) is 3.53. The number of halogens is 1. The van der Waals surface area contributed by atoms with E-state index in [4.69, 9.17) is 4.74 Å². The molecule has 21 heavy (non-hydrogen) atoms. The largest absolute Gasteiger partial charge is 0.491 e. The predicted molar refractivity (Wildman–Crippen MR) is 88.6 cm³/mol. The Balaban J connectivity index is 2.01. The second-order valence-electron chi connectivity index (χ2n) is 5.01. The molecule has 2 rings (SSSR count). The van der Waals surface area contributed by atoms with Gasteiger partial charge in [-0.2, -0.15) is 5.10 Å². The lowest BCUT2D eigenvalue weighted by molar-refractivity contribution is 0.286. The van der Waals surface area contributed by atoms with E-state index in [2.05, 4.69) is 52.3 Å². The van der Waals surface area contributed by atoms with Gasteiger partial charge in [-0.1, -0.05) is 22.9 Å². The van der Waals surface area contributed by atoms with Crippen LogP contribution in [0.4, 0.5) is 0 Å². The van der Waals surface area contributed by atoms with Crippen molar-refractivity contribution in [3.05, 3.63) is 46.2 Å². The summed E-state index contributed by atoms with van der Waals surface area (Å²) in [5.74, 6) is 0.981. The van der Waals surface area contributed by atoms with Crippen LogP contribution < -0.4 is 10.1 Å². The summed E-state index contributed by atoms with van der Waals surface area (Å²) in [6, 6.07) is 6.14. The van der Waals surface area contributed by atoms with Crippen molar-refractivity contribution in [1.29, 1.82) is 0 Å². The van der Waals surface area contributed by atoms with Gasteiger partial charge in [0.15, 0.2) is 0 Å². The molecule has 0 aliphatic rings. The minimum Gasteiger partial charge on any atom is -0.491 e. The van der Waals surface area contributed by atoms with Crippen LogP contribution in [-0.2, 0) is 13.1 Å². The lowest BCUT2D eigenvalue weighted by Gasteiger charge is -2.15. The maximum absolute atomic E-state index is 6.01. The van der Waals surface area contributed by atoms with E-state index in [9.17, 15) is 0 Å². The topological polar surface area (TPSA) is 39.1 Å². The van der Waals surface area contributed by atoms with Crippen molar-refractivity contribution in [1.82, 2.24) is 15.1 Å². The van der Waals surface area contributed by atoms with E-state index in [0.717, 1.165) is 41.8 Å². The first-order valence-electron chi connectivity index (χ1n) is 7.30. The molecule has 0 aliphatic heterocycles. The van der Waals surface area contributed by atoms with E-state index in [1.807, 2.05) is 16.9 Å². The molecular weight excluding hydrogens is 330 g/mol. The summed E-state index contributed by atoms with van der Waals surface area (Å²) in [5, 5.41) is 7.62. The molecule has 0 spiro atoms. The van der Waals surface area contributed by atoms with Crippen LogP contribution in [0.1, 0.15) is 24.5 Å². The molecule has 1 aromatic carbocycles. The van der Waals surface area contributed by atoms with Crippen molar-refractivity contribution in [2.24, 2.45) is 0 Å². The highest BCUT2D eigenvalue weighted by atomic mass is 79.9. The maximum atomic E-state index is 6.01. The molecule has 0 atom stereocenters. The van der Waals surface area contributed by atoms with Crippen molar-refractivity contribution in [2.45, 2.75) is 33.4 Å². The van der Waals surface area contributed by atoms with E-state index < -0.39 is 0 Å². The Hall–Kier alpha value is -1.33. The number of nitrogens with zero attached hydrogens (tertiary/aromatic N) is 2. The van der Waals surface area contributed by atoms with E-state index >= 15 is 0 Å². The van der Waals surface area contributed by atoms with E-state index in [1.165, 1.54) is 5.56 Å². The van der Waals surface area contributed by atoms with E-state index in [-0.39, 0.29) is 0 Å². The number of aryl methyl sites for hydroxylation is 1. The normalized spacial score (nSPS) is 10.8. The summed E-state index contributed by atoms with van der Waals surface area (Å²) in [5.41, 5.74) is 2.34. The van der Waals surface area contributed by atoms with Gasteiger partial charge in [0.05, 0.1) is 6.54 Å². The third kappa shape index (κ3) is 4.86. The molecule has 5 heteroatoms. The summed E-state index contributed by atoms with van der Waals surface area (Å²) >= 11 is 3.56. The third-order valence-corrected chi connectivity index (χ3v) is 3.64. The van der Waals surface area contributed by atoms with Gasteiger partial charge in [0.25, 0.3) is 0 Å². The van der Waals surface area contributed by atoms with Gasteiger partial charge in [0.1, 0.15) is 12.4 Å². The summed E-state index contributed by atoms with van der Waals surface area (Å²) < 4.78 is 8.97. The number of hydrogen-bond donors (Lipinski definition) is 1. The zero-order valence-corrected chi connectivity index (χ0v) is 14.2. The monoisotopic (exact) mass is 351 g/mol. The Morgan fingerprint density at radius 2 is 2.24 bits per heavy atom. The molecule has 0 radical (unpaired) electrons. The Morgan fingerprint density at radius 1 is 1.38 bits per heavy atom. The minimum atomic E-state index is 0.616. The Labute approximate surface area is 134 Å². The fraction of sp³-hybridized carbons (Fsp3) is 0.438. The van der Waals surface area contributed by atoms with Crippen molar-refractivity contribution in [3.63, 3.8) is 0 Å². The van der Waals surface area contributed by atoms with Crippen LogP contribution in [0.15, 0.2) is 35.1 Å². The molecule has 114 valence electrons. The maximum Gasteiger partial charge on any atom is 0.126 e. The van der Waals surface area contributed by atoms with Gasteiger partial charge >= 0.3 is 0 Å². The van der Waals surface area contributed by atoms with Crippen LogP contribution in [0.3, 0.4) is 0 Å². The van der Waals surface area contributed by atoms with Crippen LogP contribution >= 0.6 is 15.9 Å². The van der Waals surface area contributed by atoms with E-state index in [1.54, 1.807) is 6.20 Å². The smallest absolute Gasteiger partial charge is 0.126 e. The number of benzene rings is 1. The molecule has 1 heterocycles. The van der Waals surface area contributed by atoms with Gasteiger partial charge in [-0.05, 0) is 43.7 Å². The average molecular weight is 352 g/mol. The van der Waals surface area contributed by atoms with Gasteiger partial charge in [-0.15, -0.1) is 0 Å². The highest BCUT2D eigenvalue weighted by molar-refractivity contribution is 9.10. The molecule has 0 amide bonds. The molecular formula is C16H22BrN3O. The molecule has 0 saturated carbocycles. The van der Waals surface area contributed by atoms with Gasteiger partial charge in [-0.3, -0.25) is 4.68 Å². The fourth-order valence-corrected chi connectivity index (χ4v) is 2.83. The van der Waals surface area contributed by atoms with Gasteiger partial charge in [-0.25, -0.2) is 0 Å². The first-order chi connectivity index (χ1) is 10.2. The molecule has 0 bridgehead atoms. The average Bonchev–Trinajstić information content (AvgIpc) is 2.95. The number of hydrogen-bond acceptors (Lipinski definition) is 3. The Bertz CT molecular complexity index is 555. The number of aromatic nitrogens is 2. The molecule has 0 aliphatic carbocycles. The second-order valence-corrected chi connectivity index (χ2v) is 5.92. The summed E-state index contributed by atoms with van der Waals surface area (Å²) in [6.45, 7) is 7.46. The summed E-state index contributed by atoms with van der Waals surface area (Å²) in [7, 11) is 0. The minimum absolute atomic E-state index is 0.616. The third-order valence-electron chi connectivity index (χ3n) is 3.18. The van der Waals surface area contributed by atoms with Crippen molar-refractivity contribution in [2.75, 3.05) is 13.2 Å². The van der Waals surface area contributed by atoms with Gasteiger partial charge < -0.3 is 10.1 Å². The molecule has 0 saturated heterocycles. The lowest BCUT2D eigenvalue weighted by Crippen LogP contribution is -2.16. The van der Waals surface area contributed by atoms with E-state index in [0.29, 0.717) is 6.61 Å². The lowest BCUT2D eigenvalue weighted by atomic mass is 10.1. The van der Waals surface area contributed by atoms with Crippen LogP contribution in [0.25, 0.3) is 0 Å². The second kappa shape index (κ2) is 8.20. The first-order valence-corrected chi connectivity index (χ1v) is 8.10. The van der Waals surface area contributed by atoms with Crippen molar-refractivity contribution < 1.29 is 4.74 Å². The van der Waals surface area contributed by atoms with Crippen molar-refractivity contribution in [3.8, 4) is 5.75 Å². The Morgan fingerprint density at radius 3 is 2.95 bits per heavy atom. The summed E-state index contributed by atoms with van der Waals surface area (Å²) in [6.07, 6.45) is 4.86. The van der Waals surface area contributed by atoms with Gasteiger partial charge in [0.2, 0.25) is 0 Å². The van der Waals surface area contributed by atoms with Crippen LogP contribution in [0, 0.1) is 6.92 Å². The first kappa shape index (κ1) is 16.0. The van der Waals surface area contributed by atoms with Crippen LogP contribution in [0.2, 0.25) is 0 Å². The standard InChI is InChI=1S/C16H22BrN3O/c1-3-5-18-12-14-11-15(17)10-13(2)16(14)21-9-8-20-7-4-6-19-20/h4,6-7,10-11,18H,3,5,8-9,12H2,1-2H3.